The molecule has 0 fully saturated rings. The molecular formula is C13H20N2O3. The number of methoxy groups -OCH3 is 2. The molecule has 0 aliphatic carbocycles. The molecule has 0 aromatic heterocycles. The van der Waals surface area contributed by atoms with Crippen LogP contribution >= 0.6 is 0 Å². The second-order valence-electron chi connectivity index (χ2n) is 3.96. The number of carbonyl (C=O) groups excluding carboxylic acids is 1. The summed E-state index contributed by atoms with van der Waals surface area (Å²) in [5.41, 5.74) is 0.723. The van der Waals surface area contributed by atoms with Crippen molar-refractivity contribution in [2.75, 3.05) is 32.6 Å². The normalized spacial score (nSPS) is 11.9. The average molecular weight is 252 g/mol. The van der Waals surface area contributed by atoms with Gasteiger partial charge in [0.2, 0.25) is 5.91 Å². The summed E-state index contributed by atoms with van der Waals surface area (Å²) < 4.78 is 10.1. The standard InChI is InChI=1S/C13H20N2O3/c1-10(17-2)8-14-9-13(16)15-11-5-4-6-12(7-11)18-3/h4-7,10,14H,8-9H2,1-3H3,(H,15,16). The largest absolute Gasteiger partial charge is 0.497 e. The van der Waals surface area contributed by atoms with Crippen molar-refractivity contribution in [3.05, 3.63) is 24.3 Å². The van der Waals surface area contributed by atoms with E-state index in [4.69, 9.17) is 9.47 Å². The number of amides is 1. The molecule has 5 heteroatoms. The van der Waals surface area contributed by atoms with E-state index < -0.39 is 0 Å². The van der Waals surface area contributed by atoms with Crippen molar-refractivity contribution in [2.45, 2.75) is 13.0 Å². The first kappa shape index (κ1) is 14.5. The summed E-state index contributed by atoms with van der Waals surface area (Å²) in [6.07, 6.45) is 0.0922. The Morgan fingerprint density at radius 2 is 2.17 bits per heavy atom. The Bertz CT molecular complexity index is 382. The van der Waals surface area contributed by atoms with Gasteiger partial charge in [-0.2, -0.15) is 0 Å². The Labute approximate surface area is 107 Å². The average Bonchev–Trinajstić information content (AvgIpc) is 2.38. The molecule has 1 aromatic rings. The van der Waals surface area contributed by atoms with Crippen LogP contribution in [0, 0.1) is 0 Å². The fourth-order valence-corrected chi connectivity index (χ4v) is 1.38. The van der Waals surface area contributed by atoms with Gasteiger partial charge >= 0.3 is 0 Å². The molecule has 1 unspecified atom stereocenters. The summed E-state index contributed by atoms with van der Waals surface area (Å²) >= 11 is 0. The highest BCUT2D eigenvalue weighted by Gasteiger charge is 2.04. The predicted molar refractivity (Wildman–Crippen MR) is 71.0 cm³/mol. The first-order chi connectivity index (χ1) is 8.65. The quantitative estimate of drug-likeness (QED) is 0.767. The fourth-order valence-electron chi connectivity index (χ4n) is 1.38. The number of ether oxygens (including phenoxy) is 2. The van der Waals surface area contributed by atoms with Gasteiger partial charge in [0.05, 0.1) is 19.8 Å². The van der Waals surface area contributed by atoms with E-state index in [0.29, 0.717) is 12.3 Å². The SMILES string of the molecule is COc1cccc(NC(=O)CNCC(C)OC)c1. The van der Waals surface area contributed by atoms with Gasteiger partial charge in [0.25, 0.3) is 0 Å². The minimum Gasteiger partial charge on any atom is -0.497 e. The lowest BCUT2D eigenvalue weighted by Crippen LogP contribution is -2.33. The molecule has 1 rings (SSSR count). The minimum absolute atomic E-state index is 0.0912. The lowest BCUT2D eigenvalue weighted by molar-refractivity contribution is -0.115. The van der Waals surface area contributed by atoms with Crippen LogP contribution in [0.2, 0.25) is 0 Å². The summed E-state index contributed by atoms with van der Waals surface area (Å²) in [4.78, 5) is 11.6. The van der Waals surface area contributed by atoms with E-state index in [1.54, 1.807) is 20.3 Å². The van der Waals surface area contributed by atoms with Gasteiger partial charge in [-0.25, -0.2) is 0 Å². The molecule has 100 valence electrons. The Morgan fingerprint density at radius 3 is 2.83 bits per heavy atom. The number of anilines is 1. The number of rotatable bonds is 7. The van der Waals surface area contributed by atoms with Crippen molar-refractivity contribution in [1.29, 1.82) is 0 Å². The highest BCUT2D eigenvalue weighted by Crippen LogP contribution is 2.16. The van der Waals surface area contributed by atoms with Crippen LogP contribution in [0.3, 0.4) is 0 Å². The van der Waals surface area contributed by atoms with Gasteiger partial charge in [-0.3, -0.25) is 4.79 Å². The number of hydrogen-bond donors (Lipinski definition) is 2. The molecule has 1 amide bonds. The van der Waals surface area contributed by atoms with Crippen molar-refractivity contribution < 1.29 is 14.3 Å². The Kier molecular flexibility index (Phi) is 6.18. The van der Waals surface area contributed by atoms with E-state index in [1.807, 2.05) is 25.1 Å². The summed E-state index contributed by atoms with van der Waals surface area (Å²) in [5.74, 6) is 0.625. The third-order valence-electron chi connectivity index (χ3n) is 2.47. The van der Waals surface area contributed by atoms with Crippen molar-refractivity contribution in [1.82, 2.24) is 5.32 Å². The van der Waals surface area contributed by atoms with Crippen molar-refractivity contribution in [3.8, 4) is 5.75 Å². The summed E-state index contributed by atoms with van der Waals surface area (Å²) in [5, 5.41) is 5.80. The predicted octanol–water partition coefficient (Wildman–Crippen LogP) is 1.26. The monoisotopic (exact) mass is 252 g/mol. The van der Waals surface area contributed by atoms with Gasteiger partial charge in [0.15, 0.2) is 0 Å². The van der Waals surface area contributed by atoms with E-state index in [0.717, 1.165) is 5.69 Å². The molecule has 0 radical (unpaired) electrons. The molecule has 0 spiro atoms. The highest BCUT2D eigenvalue weighted by molar-refractivity contribution is 5.92. The van der Waals surface area contributed by atoms with Gasteiger partial charge in [-0.05, 0) is 19.1 Å². The van der Waals surface area contributed by atoms with Crippen LogP contribution in [0.1, 0.15) is 6.92 Å². The van der Waals surface area contributed by atoms with Gasteiger partial charge in [-0.1, -0.05) is 6.07 Å². The molecule has 1 atom stereocenters. The molecule has 0 saturated carbocycles. The third-order valence-corrected chi connectivity index (χ3v) is 2.47. The topological polar surface area (TPSA) is 59.6 Å². The maximum Gasteiger partial charge on any atom is 0.238 e. The summed E-state index contributed by atoms with van der Waals surface area (Å²) in [6, 6.07) is 7.25. The Morgan fingerprint density at radius 1 is 1.39 bits per heavy atom. The van der Waals surface area contributed by atoms with Crippen LogP contribution < -0.4 is 15.4 Å². The first-order valence-corrected chi connectivity index (χ1v) is 5.83. The van der Waals surface area contributed by atoms with E-state index in [2.05, 4.69) is 10.6 Å². The van der Waals surface area contributed by atoms with Gasteiger partial charge in [0, 0.05) is 25.4 Å². The lowest BCUT2D eigenvalue weighted by atomic mass is 10.3. The summed E-state index contributed by atoms with van der Waals surface area (Å²) in [7, 11) is 3.23. The molecule has 2 N–H and O–H groups in total. The van der Waals surface area contributed by atoms with Gasteiger partial charge in [0.1, 0.15) is 5.75 Å². The molecule has 1 aromatic carbocycles. The van der Waals surface area contributed by atoms with E-state index in [-0.39, 0.29) is 18.6 Å². The maximum atomic E-state index is 11.6. The summed E-state index contributed by atoms with van der Waals surface area (Å²) in [6.45, 7) is 2.83. The lowest BCUT2D eigenvalue weighted by Gasteiger charge is -2.11. The molecule has 0 aliphatic rings. The van der Waals surface area contributed by atoms with Crippen LogP contribution in [0.5, 0.6) is 5.75 Å². The fraction of sp³-hybridized carbons (Fsp3) is 0.462. The minimum atomic E-state index is -0.0912. The number of benzene rings is 1. The molecule has 5 nitrogen and oxygen atoms in total. The first-order valence-electron chi connectivity index (χ1n) is 5.83. The van der Waals surface area contributed by atoms with Crippen LogP contribution in [0.4, 0.5) is 5.69 Å². The highest BCUT2D eigenvalue weighted by atomic mass is 16.5. The third kappa shape index (κ3) is 5.16. The smallest absolute Gasteiger partial charge is 0.238 e. The number of nitrogens with one attached hydrogen (secondary N) is 2. The molecule has 0 heterocycles. The zero-order chi connectivity index (χ0) is 13.4. The van der Waals surface area contributed by atoms with Gasteiger partial charge in [-0.15, -0.1) is 0 Å². The van der Waals surface area contributed by atoms with Crippen molar-refractivity contribution in [3.63, 3.8) is 0 Å². The van der Waals surface area contributed by atoms with Crippen LogP contribution in [0.15, 0.2) is 24.3 Å². The van der Waals surface area contributed by atoms with Crippen LogP contribution in [-0.2, 0) is 9.53 Å². The van der Waals surface area contributed by atoms with E-state index in [9.17, 15) is 4.79 Å². The number of hydrogen-bond acceptors (Lipinski definition) is 4. The van der Waals surface area contributed by atoms with Crippen LogP contribution in [0.25, 0.3) is 0 Å². The molecule has 0 saturated heterocycles. The second kappa shape index (κ2) is 7.68. The molecule has 0 aliphatic heterocycles. The van der Waals surface area contributed by atoms with E-state index in [1.165, 1.54) is 0 Å². The molecular weight excluding hydrogens is 232 g/mol. The molecule has 18 heavy (non-hydrogen) atoms. The van der Waals surface area contributed by atoms with E-state index >= 15 is 0 Å². The molecule has 0 bridgehead atoms. The number of carbonyl (C=O) groups is 1. The second-order valence-corrected chi connectivity index (χ2v) is 3.96. The Hall–Kier alpha value is -1.59. The Balaban J connectivity index is 2.35. The van der Waals surface area contributed by atoms with Gasteiger partial charge < -0.3 is 20.1 Å². The van der Waals surface area contributed by atoms with Crippen LogP contribution in [-0.4, -0.2) is 39.3 Å². The van der Waals surface area contributed by atoms with Crippen molar-refractivity contribution in [2.24, 2.45) is 0 Å². The maximum absolute atomic E-state index is 11.6. The van der Waals surface area contributed by atoms with Crippen molar-refractivity contribution >= 4 is 11.6 Å². The zero-order valence-electron chi connectivity index (χ0n) is 11.0. The zero-order valence-corrected chi connectivity index (χ0v) is 11.0.